The van der Waals surface area contributed by atoms with E-state index in [9.17, 15) is 0 Å². The first-order valence-corrected chi connectivity index (χ1v) is 6.06. The van der Waals surface area contributed by atoms with Crippen molar-refractivity contribution in [3.8, 4) is 0 Å². The molecule has 0 radical (unpaired) electrons. The van der Waals surface area contributed by atoms with Gasteiger partial charge in [-0.25, -0.2) is 4.98 Å². The third-order valence-electron chi connectivity index (χ3n) is 3.03. The lowest BCUT2D eigenvalue weighted by molar-refractivity contribution is 0.686. The highest BCUT2D eigenvalue weighted by molar-refractivity contribution is 5.60. The van der Waals surface area contributed by atoms with E-state index in [0.29, 0.717) is 0 Å². The summed E-state index contributed by atoms with van der Waals surface area (Å²) in [7, 11) is 0. The van der Waals surface area contributed by atoms with Gasteiger partial charge >= 0.3 is 0 Å². The Morgan fingerprint density at radius 1 is 1.29 bits per heavy atom. The summed E-state index contributed by atoms with van der Waals surface area (Å²) in [5.74, 6) is 0.917. The van der Waals surface area contributed by atoms with Crippen molar-refractivity contribution < 1.29 is 0 Å². The van der Waals surface area contributed by atoms with E-state index in [4.69, 9.17) is 0 Å². The van der Waals surface area contributed by atoms with Crippen LogP contribution in [-0.4, -0.2) is 9.55 Å². The van der Waals surface area contributed by atoms with Gasteiger partial charge in [0.1, 0.15) is 0 Å². The van der Waals surface area contributed by atoms with Crippen molar-refractivity contribution in [2.24, 2.45) is 0 Å². The lowest BCUT2D eigenvalue weighted by Gasteiger charge is -2.12. The van der Waals surface area contributed by atoms with Crippen molar-refractivity contribution in [2.75, 3.05) is 5.32 Å². The molecule has 0 aliphatic rings. The van der Waals surface area contributed by atoms with Gasteiger partial charge in [-0.2, -0.15) is 0 Å². The molecule has 0 spiro atoms. The van der Waals surface area contributed by atoms with Gasteiger partial charge in [-0.3, -0.25) is 0 Å². The van der Waals surface area contributed by atoms with Crippen molar-refractivity contribution in [3.63, 3.8) is 0 Å². The fraction of sp³-hybridized carbons (Fsp3) is 0.357. The van der Waals surface area contributed by atoms with Crippen LogP contribution in [0.4, 0.5) is 11.6 Å². The van der Waals surface area contributed by atoms with E-state index < -0.39 is 0 Å². The molecule has 17 heavy (non-hydrogen) atoms. The normalized spacial score (nSPS) is 10.5. The summed E-state index contributed by atoms with van der Waals surface area (Å²) in [6, 6.07) is 6.28. The second-order valence-electron chi connectivity index (χ2n) is 4.32. The van der Waals surface area contributed by atoms with E-state index >= 15 is 0 Å². The lowest BCUT2D eigenvalue weighted by Crippen LogP contribution is -2.04. The molecule has 1 aromatic carbocycles. The average Bonchev–Trinajstić information content (AvgIpc) is 2.73. The smallest absolute Gasteiger partial charge is 0.207 e. The Bertz CT molecular complexity index is 500. The number of imidazole rings is 1. The van der Waals surface area contributed by atoms with Crippen LogP contribution < -0.4 is 5.32 Å². The molecule has 0 aliphatic heterocycles. The molecule has 0 fully saturated rings. The molecule has 3 nitrogen and oxygen atoms in total. The van der Waals surface area contributed by atoms with Gasteiger partial charge in [-0.1, -0.05) is 19.1 Å². The van der Waals surface area contributed by atoms with Crippen LogP contribution in [0.25, 0.3) is 0 Å². The Morgan fingerprint density at radius 2 is 2.12 bits per heavy atom. The molecular formula is C14H19N3. The summed E-state index contributed by atoms with van der Waals surface area (Å²) in [5.41, 5.74) is 3.70. The minimum atomic E-state index is 0.917. The van der Waals surface area contributed by atoms with Crippen molar-refractivity contribution >= 4 is 11.6 Å². The fourth-order valence-electron chi connectivity index (χ4n) is 1.86. The first kappa shape index (κ1) is 11.7. The molecule has 90 valence electrons. The SMILES string of the molecule is CCCn1ccnc1Nc1cccc(C)c1C. The summed E-state index contributed by atoms with van der Waals surface area (Å²) in [4.78, 5) is 4.35. The zero-order valence-electron chi connectivity index (χ0n) is 10.7. The Balaban J connectivity index is 2.25. The van der Waals surface area contributed by atoms with Crippen LogP contribution in [0.1, 0.15) is 24.5 Å². The van der Waals surface area contributed by atoms with Crippen molar-refractivity contribution in [2.45, 2.75) is 33.7 Å². The van der Waals surface area contributed by atoms with Crippen LogP contribution in [-0.2, 0) is 6.54 Å². The van der Waals surface area contributed by atoms with Crippen LogP contribution in [0.5, 0.6) is 0 Å². The first-order chi connectivity index (χ1) is 8.22. The number of aromatic nitrogens is 2. The highest BCUT2D eigenvalue weighted by Gasteiger charge is 2.05. The average molecular weight is 229 g/mol. The zero-order valence-corrected chi connectivity index (χ0v) is 10.7. The number of nitrogens with one attached hydrogen (secondary N) is 1. The van der Waals surface area contributed by atoms with Gasteiger partial charge in [0.25, 0.3) is 0 Å². The largest absolute Gasteiger partial charge is 0.325 e. The molecule has 0 bridgehead atoms. The Labute approximate surface area is 103 Å². The van der Waals surface area contributed by atoms with Gasteiger partial charge in [-0.15, -0.1) is 0 Å². The standard InChI is InChI=1S/C14H19N3/c1-4-9-17-10-8-15-14(17)16-13-7-5-6-11(2)12(13)3/h5-8,10H,4,9H2,1-3H3,(H,15,16). The minimum absolute atomic E-state index is 0.917. The van der Waals surface area contributed by atoms with Crippen LogP contribution in [0.3, 0.4) is 0 Å². The van der Waals surface area contributed by atoms with Gasteiger partial charge in [0, 0.05) is 24.6 Å². The molecule has 0 saturated heterocycles. The number of benzene rings is 1. The van der Waals surface area contributed by atoms with Gasteiger partial charge in [0.15, 0.2) is 0 Å². The van der Waals surface area contributed by atoms with E-state index in [1.54, 1.807) is 0 Å². The van der Waals surface area contributed by atoms with E-state index in [0.717, 1.165) is 24.6 Å². The molecule has 0 saturated carbocycles. The van der Waals surface area contributed by atoms with E-state index in [1.807, 2.05) is 12.4 Å². The molecule has 1 aromatic heterocycles. The van der Waals surface area contributed by atoms with Crippen molar-refractivity contribution in [3.05, 3.63) is 41.7 Å². The number of anilines is 2. The summed E-state index contributed by atoms with van der Waals surface area (Å²) < 4.78 is 2.14. The number of aryl methyl sites for hydroxylation is 2. The summed E-state index contributed by atoms with van der Waals surface area (Å²) in [6.45, 7) is 7.42. The third kappa shape index (κ3) is 2.49. The zero-order chi connectivity index (χ0) is 12.3. The molecule has 0 atom stereocenters. The maximum absolute atomic E-state index is 4.35. The maximum atomic E-state index is 4.35. The molecule has 2 rings (SSSR count). The van der Waals surface area contributed by atoms with Crippen molar-refractivity contribution in [1.29, 1.82) is 0 Å². The highest BCUT2D eigenvalue weighted by atomic mass is 15.2. The Kier molecular flexibility index (Phi) is 3.47. The highest BCUT2D eigenvalue weighted by Crippen LogP contribution is 2.21. The predicted molar refractivity (Wildman–Crippen MR) is 71.7 cm³/mol. The van der Waals surface area contributed by atoms with Crippen molar-refractivity contribution in [1.82, 2.24) is 9.55 Å². The van der Waals surface area contributed by atoms with Gasteiger partial charge in [0.2, 0.25) is 5.95 Å². The molecule has 0 unspecified atom stereocenters. The Morgan fingerprint density at radius 3 is 2.88 bits per heavy atom. The number of hydrogen-bond donors (Lipinski definition) is 1. The number of rotatable bonds is 4. The Hall–Kier alpha value is -1.77. The minimum Gasteiger partial charge on any atom is -0.325 e. The number of nitrogens with zero attached hydrogens (tertiary/aromatic N) is 2. The van der Waals surface area contributed by atoms with Crippen LogP contribution in [0, 0.1) is 13.8 Å². The number of hydrogen-bond acceptors (Lipinski definition) is 2. The van der Waals surface area contributed by atoms with E-state index in [1.165, 1.54) is 11.1 Å². The molecule has 1 N–H and O–H groups in total. The fourth-order valence-corrected chi connectivity index (χ4v) is 1.86. The lowest BCUT2D eigenvalue weighted by atomic mass is 10.1. The predicted octanol–water partition coefficient (Wildman–Crippen LogP) is 3.65. The summed E-state index contributed by atoms with van der Waals surface area (Å²) in [5, 5.41) is 3.40. The quantitative estimate of drug-likeness (QED) is 0.867. The molecule has 1 heterocycles. The first-order valence-electron chi connectivity index (χ1n) is 6.06. The molecule has 0 aliphatic carbocycles. The second-order valence-corrected chi connectivity index (χ2v) is 4.32. The van der Waals surface area contributed by atoms with Gasteiger partial charge < -0.3 is 9.88 Å². The molecule has 0 amide bonds. The third-order valence-corrected chi connectivity index (χ3v) is 3.03. The monoisotopic (exact) mass is 229 g/mol. The summed E-state index contributed by atoms with van der Waals surface area (Å²) >= 11 is 0. The molecule has 3 heteroatoms. The van der Waals surface area contributed by atoms with E-state index in [2.05, 4.69) is 53.8 Å². The van der Waals surface area contributed by atoms with Crippen LogP contribution in [0.2, 0.25) is 0 Å². The summed E-state index contributed by atoms with van der Waals surface area (Å²) in [6.07, 6.45) is 4.96. The van der Waals surface area contributed by atoms with E-state index in [-0.39, 0.29) is 0 Å². The second kappa shape index (κ2) is 5.04. The van der Waals surface area contributed by atoms with Gasteiger partial charge in [0.05, 0.1) is 0 Å². The topological polar surface area (TPSA) is 29.9 Å². The van der Waals surface area contributed by atoms with Gasteiger partial charge in [-0.05, 0) is 37.5 Å². The molecule has 2 aromatic rings. The van der Waals surface area contributed by atoms with Crippen LogP contribution >= 0.6 is 0 Å². The van der Waals surface area contributed by atoms with Crippen LogP contribution in [0.15, 0.2) is 30.6 Å². The molecular weight excluding hydrogens is 210 g/mol. The maximum Gasteiger partial charge on any atom is 0.207 e.